The van der Waals surface area contributed by atoms with Crippen molar-refractivity contribution in [1.29, 1.82) is 0 Å². The van der Waals surface area contributed by atoms with Crippen LogP contribution < -0.4 is 0 Å². The highest BCUT2D eigenvalue weighted by Crippen LogP contribution is 2.10. The number of rotatable bonds is 2. The first-order valence-corrected chi connectivity index (χ1v) is 5.11. The molecule has 2 rings (SSSR count). The topological polar surface area (TPSA) is 47.7 Å². The number of hydrogen-bond acceptors (Lipinski definition) is 3. The molecule has 1 aromatic heterocycles. The lowest BCUT2D eigenvalue weighted by Gasteiger charge is -2.24. The van der Waals surface area contributed by atoms with Crippen molar-refractivity contribution in [1.82, 2.24) is 20.1 Å². The van der Waals surface area contributed by atoms with Gasteiger partial charge in [0.2, 0.25) is 4.77 Å². The summed E-state index contributed by atoms with van der Waals surface area (Å²) >= 11 is 4.88. The lowest BCUT2D eigenvalue weighted by Crippen LogP contribution is -2.29. The highest BCUT2D eigenvalue weighted by Gasteiger charge is 2.11. The number of nitrogens with zero attached hydrogens (tertiary/aromatic N) is 2. The van der Waals surface area contributed by atoms with E-state index in [4.69, 9.17) is 12.2 Å². The Labute approximate surface area is 82.4 Å². The second-order valence-corrected chi connectivity index (χ2v) is 3.84. The van der Waals surface area contributed by atoms with E-state index in [1.54, 1.807) is 0 Å². The van der Waals surface area contributed by atoms with E-state index >= 15 is 0 Å². The zero-order valence-corrected chi connectivity index (χ0v) is 8.36. The summed E-state index contributed by atoms with van der Waals surface area (Å²) in [7, 11) is 0. The largest absolute Gasteiger partial charge is 0.296 e. The zero-order chi connectivity index (χ0) is 9.10. The number of aromatic nitrogens is 3. The van der Waals surface area contributed by atoms with Crippen LogP contribution in [0.25, 0.3) is 0 Å². The first-order valence-electron chi connectivity index (χ1n) is 4.70. The molecule has 5 heteroatoms. The Kier molecular flexibility index (Phi) is 2.75. The van der Waals surface area contributed by atoms with Crippen molar-refractivity contribution in [2.75, 3.05) is 13.1 Å². The number of hydrogen-bond donors (Lipinski definition) is 2. The standard InChI is InChI=1S/C8H14N4S/c13-8-9-7(10-11-8)6-12-4-2-1-3-5-12/h1-6H2,(H2,9,10,11,13). The van der Waals surface area contributed by atoms with Crippen LogP contribution in [0.15, 0.2) is 0 Å². The van der Waals surface area contributed by atoms with Gasteiger partial charge in [0.05, 0.1) is 6.54 Å². The monoisotopic (exact) mass is 198 g/mol. The van der Waals surface area contributed by atoms with E-state index in [1.807, 2.05) is 0 Å². The third-order valence-corrected chi connectivity index (χ3v) is 2.57. The normalized spacial score (nSPS) is 19.1. The molecule has 0 aliphatic carbocycles. The van der Waals surface area contributed by atoms with E-state index in [2.05, 4.69) is 20.1 Å². The third-order valence-electron chi connectivity index (χ3n) is 2.37. The van der Waals surface area contributed by atoms with Gasteiger partial charge in [0.25, 0.3) is 0 Å². The van der Waals surface area contributed by atoms with Crippen LogP contribution in [0, 0.1) is 4.77 Å². The maximum Gasteiger partial charge on any atom is 0.213 e. The summed E-state index contributed by atoms with van der Waals surface area (Å²) in [6.07, 6.45) is 3.99. The molecule has 1 aliphatic rings. The quantitative estimate of drug-likeness (QED) is 0.707. The van der Waals surface area contributed by atoms with Gasteiger partial charge in [-0.05, 0) is 38.1 Å². The molecule has 0 saturated carbocycles. The smallest absolute Gasteiger partial charge is 0.213 e. The average Bonchev–Trinajstić information content (AvgIpc) is 2.53. The Hall–Kier alpha value is -0.680. The number of aromatic amines is 2. The van der Waals surface area contributed by atoms with Crippen molar-refractivity contribution in [2.45, 2.75) is 25.8 Å². The molecule has 72 valence electrons. The molecule has 1 aromatic rings. The molecule has 0 bridgehead atoms. The van der Waals surface area contributed by atoms with Gasteiger partial charge in [-0.3, -0.25) is 15.1 Å². The average molecular weight is 198 g/mol. The SMILES string of the molecule is S=c1nc(CN2CCCCC2)[nH][nH]1. The molecule has 2 N–H and O–H groups in total. The second kappa shape index (κ2) is 4.02. The molecule has 0 atom stereocenters. The van der Waals surface area contributed by atoms with E-state index in [9.17, 15) is 0 Å². The van der Waals surface area contributed by atoms with Gasteiger partial charge >= 0.3 is 0 Å². The van der Waals surface area contributed by atoms with Crippen LogP contribution in [-0.2, 0) is 6.54 Å². The minimum atomic E-state index is 0.548. The minimum Gasteiger partial charge on any atom is -0.296 e. The fraction of sp³-hybridized carbons (Fsp3) is 0.750. The molecule has 0 unspecified atom stereocenters. The fourth-order valence-corrected chi connectivity index (χ4v) is 1.87. The lowest BCUT2D eigenvalue weighted by molar-refractivity contribution is 0.216. The molecule has 1 saturated heterocycles. The van der Waals surface area contributed by atoms with Crippen LogP contribution in [0.5, 0.6) is 0 Å². The van der Waals surface area contributed by atoms with Gasteiger partial charge in [0, 0.05) is 0 Å². The number of piperidine rings is 1. The number of nitrogens with one attached hydrogen (secondary N) is 2. The third kappa shape index (κ3) is 2.38. The van der Waals surface area contributed by atoms with E-state index in [-0.39, 0.29) is 0 Å². The van der Waals surface area contributed by atoms with Gasteiger partial charge in [-0.15, -0.1) is 0 Å². The van der Waals surface area contributed by atoms with Gasteiger partial charge < -0.3 is 0 Å². The summed E-state index contributed by atoms with van der Waals surface area (Å²) < 4.78 is 0.548. The van der Waals surface area contributed by atoms with Crippen LogP contribution in [0.4, 0.5) is 0 Å². The van der Waals surface area contributed by atoms with Crippen molar-refractivity contribution >= 4 is 12.2 Å². The summed E-state index contributed by atoms with van der Waals surface area (Å²) in [4.78, 5) is 6.57. The maximum atomic E-state index is 4.88. The summed E-state index contributed by atoms with van der Waals surface area (Å²) in [5.41, 5.74) is 0. The Morgan fingerprint density at radius 2 is 2.00 bits per heavy atom. The van der Waals surface area contributed by atoms with Crippen LogP contribution in [0.2, 0.25) is 0 Å². The molecule has 1 fully saturated rings. The molecule has 2 heterocycles. The maximum absolute atomic E-state index is 4.88. The number of H-pyrrole nitrogens is 2. The van der Waals surface area contributed by atoms with E-state index < -0.39 is 0 Å². The van der Waals surface area contributed by atoms with E-state index in [1.165, 1.54) is 32.4 Å². The van der Waals surface area contributed by atoms with Gasteiger partial charge in [0.1, 0.15) is 5.82 Å². The van der Waals surface area contributed by atoms with Gasteiger partial charge in [0.15, 0.2) is 0 Å². The van der Waals surface area contributed by atoms with Crippen LogP contribution >= 0.6 is 12.2 Å². The van der Waals surface area contributed by atoms with Gasteiger partial charge in [-0.2, -0.15) is 0 Å². The Morgan fingerprint density at radius 1 is 1.23 bits per heavy atom. The predicted molar refractivity (Wildman–Crippen MR) is 52.9 cm³/mol. The Bertz CT molecular complexity index is 310. The molecular formula is C8H14N4S. The van der Waals surface area contributed by atoms with Crippen molar-refractivity contribution in [3.8, 4) is 0 Å². The van der Waals surface area contributed by atoms with Crippen LogP contribution in [0.3, 0.4) is 0 Å². The zero-order valence-electron chi connectivity index (χ0n) is 7.55. The molecule has 13 heavy (non-hydrogen) atoms. The highest BCUT2D eigenvalue weighted by atomic mass is 32.1. The predicted octanol–water partition coefficient (Wildman–Crippen LogP) is 1.45. The first-order chi connectivity index (χ1) is 6.34. The molecular weight excluding hydrogens is 184 g/mol. The Morgan fingerprint density at radius 3 is 2.62 bits per heavy atom. The van der Waals surface area contributed by atoms with Crippen LogP contribution in [-0.4, -0.2) is 33.2 Å². The highest BCUT2D eigenvalue weighted by molar-refractivity contribution is 7.71. The van der Waals surface area contributed by atoms with E-state index in [0.717, 1.165) is 12.4 Å². The Balaban J connectivity index is 1.93. The van der Waals surface area contributed by atoms with Crippen molar-refractivity contribution < 1.29 is 0 Å². The molecule has 4 nitrogen and oxygen atoms in total. The van der Waals surface area contributed by atoms with Crippen LogP contribution in [0.1, 0.15) is 25.1 Å². The molecule has 0 spiro atoms. The molecule has 0 aromatic carbocycles. The fourth-order valence-electron chi connectivity index (χ4n) is 1.71. The second-order valence-electron chi connectivity index (χ2n) is 3.45. The molecule has 0 amide bonds. The summed E-state index contributed by atoms with van der Waals surface area (Å²) in [6.45, 7) is 3.27. The molecule has 0 radical (unpaired) electrons. The summed E-state index contributed by atoms with van der Waals surface area (Å²) in [5, 5.41) is 5.78. The van der Waals surface area contributed by atoms with Crippen molar-refractivity contribution in [3.05, 3.63) is 10.6 Å². The van der Waals surface area contributed by atoms with Crippen molar-refractivity contribution in [2.24, 2.45) is 0 Å². The molecule has 1 aliphatic heterocycles. The lowest BCUT2D eigenvalue weighted by atomic mass is 10.1. The van der Waals surface area contributed by atoms with Gasteiger partial charge in [-0.1, -0.05) is 6.42 Å². The number of likely N-dealkylation sites (tertiary alicyclic amines) is 1. The van der Waals surface area contributed by atoms with E-state index in [0.29, 0.717) is 4.77 Å². The summed E-state index contributed by atoms with van der Waals surface area (Å²) in [6, 6.07) is 0. The van der Waals surface area contributed by atoms with Gasteiger partial charge in [-0.25, -0.2) is 4.98 Å². The first kappa shape index (κ1) is 8.90. The minimum absolute atomic E-state index is 0.548. The summed E-state index contributed by atoms with van der Waals surface area (Å²) in [5.74, 6) is 0.951. The van der Waals surface area contributed by atoms with Crippen molar-refractivity contribution in [3.63, 3.8) is 0 Å².